The molecule has 2 N–H and O–H groups in total. The van der Waals surface area contributed by atoms with Crippen LogP contribution in [0.2, 0.25) is 0 Å². The molecule has 1 fully saturated rings. The Morgan fingerprint density at radius 1 is 1.32 bits per heavy atom. The minimum absolute atomic E-state index is 0.227. The Labute approximate surface area is 161 Å². The van der Waals surface area contributed by atoms with Crippen molar-refractivity contribution in [2.24, 2.45) is 0 Å². The molecule has 3 aromatic heterocycles. The number of pyridine rings is 1. The molecule has 9 heteroatoms. The first-order valence-corrected chi connectivity index (χ1v) is 9.30. The topological polar surface area (TPSA) is 87.5 Å². The van der Waals surface area contributed by atoms with Crippen molar-refractivity contribution in [3.63, 3.8) is 0 Å². The number of imidazole rings is 1. The molecule has 4 heterocycles. The average molecular weight is 383 g/mol. The van der Waals surface area contributed by atoms with Gasteiger partial charge < -0.3 is 19.9 Å². The quantitative estimate of drug-likeness (QED) is 0.701. The molecule has 0 saturated carbocycles. The van der Waals surface area contributed by atoms with Crippen LogP contribution in [0.3, 0.4) is 0 Å². The number of aromatic nitrogens is 4. The number of carbonyl (C=O) groups is 1. The van der Waals surface area contributed by atoms with Crippen LogP contribution in [0.25, 0.3) is 5.65 Å². The normalized spacial score (nSPS) is 16.7. The Bertz CT molecular complexity index is 1000. The number of rotatable bonds is 5. The third-order valence-corrected chi connectivity index (χ3v) is 4.75. The van der Waals surface area contributed by atoms with Gasteiger partial charge in [-0.15, -0.1) is 0 Å². The molecule has 0 aromatic carbocycles. The molecule has 0 bridgehead atoms. The maximum Gasteiger partial charge on any atom is 0.258 e. The highest BCUT2D eigenvalue weighted by Crippen LogP contribution is 2.18. The molecule has 1 aliphatic rings. The number of aryl methyl sites for hydroxylation is 1. The SMILES string of the molecule is CCNC1CCN(c2ncc(C(=O)Nc3cc(F)c4nc(C)cn4c3)cn2)C1. The van der Waals surface area contributed by atoms with Gasteiger partial charge in [0.25, 0.3) is 5.91 Å². The predicted octanol–water partition coefficient (Wildman–Crippen LogP) is 2.01. The summed E-state index contributed by atoms with van der Waals surface area (Å²) in [6.07, 6.45) is 7.35. The van der Waals surface area contributed by atoms with E-state index in [1.54, 1.807) is 23.7 Å². The summed E-state index contributed by atoms with van der Waals surface area (Å²) >= 11 is 0. The average Bonchev–Trinajstić information content (AvgIpc) is 3.28. The van der Waals surface area contributed by atoms with Crippen molar-refractivity contribution in [3.8, 4) is 0 Å². The highest BCUT2D eigenvalue weighted by Gasteiger charge is 2.23. The molecule has 1 unspecified atom stereocenters. The molecule has 1 amide bonds. The fraction of sp³-hybridized carbons (Fsp3) is 0.368. The molecular weight excluding hydrogens is 361 g/mol. The van der Waals surface area contributed by atoms with Crippen molar-refractivity contribution >= 4 is 23.2 Å². The third-order valence-electron chi connectivity index (χ3n) is 4.75. The van der Waals surface area contributed by atoms with E-state index in [0.717, 1.165) is 26.1 Å². The van der Waals surface area contributed by atoms with Crippen LogP contribution in [0.5, 0.6) is 0 Å². The number of fused-ring (bicyclic) bond motifs is 1. The van der Waals surface area contributed by atoms with Gasteiger partial charge in [0.15, 0.2) is 11.5 Å². The summed E-state index contributed by atoms with van der Waals surface area (Å²) in [5.74, 6) is -0.283. The van der Waals surface area contributed by atoms with Crippen molar-refractivity contribution in [2.75, 3.05) is 29.9 Å². The number of halogens is 1. The molecule has 146 valence electrons. The highest BCUT2D eigenvalue weighted by atomic mass is 19.1. The summed E-state index contributed by atoms with van der Waals surface area (Å²) in [6, 6.07) is 1.69. The molecule has 4 rings (SSSR count). The summed E-state index contributed by atoms with van der Waals surface area (Å²) in [5, 5.41) is 6.10. The van der Waals surface area contributed by atoms with Crippen molar-refractivity contribution in [1.29, 1.82) is 0 Å². The van der Waals surface area contributed by atoms with Gasteiger partial charge >= 0.3 is 0 Å². The molecule has 0 spiro atoms. The summed E-state index contributed by atoms with van der Waals surface area (Å²) in [5.41, 5.74) is 1.58. The number of nitrogens with one attached hydrogen (secondary N) is 2. The molecule has 1 atom stereocenters. The molecule has 3 aromatic rings. The summed E-state index contributed by atoms with van der Waals surface area (Å²) in [7, 11) is 0. The Morgan fingerprint density at radius 3 is 2.86 bits per heavy atom. The van der Waals surface area contributed by atoms with E-state index in [1.165, 1.54) is 18.5 Å². The lowest BCUT2D eigenvalue weighted by atomic mass is 10.3. The van der Waals surface area contributed by atoms with Crippen molar-refractivity contribution in [3.05, 3.63) is 47.9 Å². The number of anilines is 2. The van der Waals surface area contributed by atoms with Crippen molar-refractivity contribution < 1.29 is 9.18 Å². The second kappa shape index (κ2) is 7.51. The number of carbonyl (C=O) groups excluding carboxylic acids is 1. The van der Waals surface area contributed by atoms with Gasteiger partial charge in [0.1, 0.15) is 0 Å². The molecule has 1 aliphatic heterocycles. The van der Waals surface area contributed by atoms with Crippen molar-refractivity contribution in [1.82, 2.24) is 24.7 Å². The fourth-order valence-corrected chi connectivity index (χ4v) is 3.45. The van der Waals surface area contributed by atoms with Gasteiger partial charge in [0, 0.05) is 50.0 Å². The van der Waals surface area contributed by atoms with E-state index in [1.807, 2.05) is 0 Å². The van der Waals surface area contributed by atoms with Gasteiger partial charge in [0.05, 0.1) is 16.9 Å². The predicted molar refractivity (Wildman–Crippen MR) is 104 cm³/mol. The van der Waals surface area contributed by atoms with Crippen LogP contribution < -0.4 is 15.5 Å². The maximum atomic E-state index is 14.2. The van der Waals surface area contributed by atoms with E-state index in [2.05, 4.69) is 37.4 Å². The molecule has 28 heavy (non-hydrogen) atoms. The van der Waals surface area contributed by atoms with E-state index in [-0.39, 0.29) is 5.65 Å². The van der Waals surface area contributed by atoms with Gasteiger partial charge in [-0.2, -0.15) is 0 Å². The first kappa shape index (κ1) is 18.3. The second-order valence-corrected chi connectivity index (χ2v) is 6.91. The molecule has 8 nitrogen and oxygen atoms in total. The third kappa shape index (κ3) is 3.65. The first-order chi connectivity index (χ1) is 13.5. The van der Waals surface area contributed by atoms with E-state index >= 15 is 0 Å². The van der Waals surface area contributed by atoms with Crippen LogP contribution in [-0.4, -0.2) is 50.9 Å². The monoisotopic (exact) mass is 383 g/mol. The smallest absolute Gasteiger partial charge is 0.258 e. The van der Waals surface area contributed by atoms with E-state index < -0.39 is 11.7 Å². The first-order valence-electron chi connectivity index (χ1n) is 9.30. The minimum Gasteiger partial charge on any atom is -0.339 e. The maximum absolute atomic E-state index is 14.2. The van der Waals surface area contributed by atoms with Crippen LogP contribution in [0.15, 0.2) is 30.9 Å². The second-order valence-electron chi connectivity index (χ2n) is 6.91. The summed E-state index contributed by atoms with van der Waals surface area (Å²) in [6.45, 7) is 6.54. The number of nitrogens with zero attached hydrogens (tertiary/aromatic N) is 5. The summed E-state index contributed by atoms with van der Waals surface area (Å²) < 4.78 is 15.7. The molecule has 0 aliphatic carbocycles. The Hall–Kier alpha value is -3.07. The van der Waals surface area contributed by atoms with E-state index in [4.69, 9.17) is 0 Å². The standard InChI is InChI=1S/C19H22FN7O/c1-3-21-14-4-5-26(10-14)19-22-7-13(8-23-19)18(28)25-15-6-16(20)17-24-12(2)9-27(17)11-15/h6-9,11,14,21H,3-5,10H2,1-2H3,(H,25,28). The van der Waals surface area contributed by atoms with Gasteiger partial charge in [-0.1, -0.05) is 6.92 Å². The lowest BCUT2D eigenvalue weighted by Crippen LogP contribution is -2.32. The van der Waals surface area contributed by atoms with Crippen LogP contribution in [0.1, 0.15) is 29.4 Å². The van der Waals surface area contributed by atoms with Gasteiger partial charge in [0.2, 0.25) is 5.95 Å². The molecule has 0 radical (unpaired) electrons. The number of amides is 1. The fourth-order valence-electron chi connectivity index (χ4n) is 3.45. The number of likely N-dealkylation sites (N-methyl/N-ethyl adjacent to an activating group) is 1. The minimum atomic E-state index is -0.498. The largest absolute Gasteiger partial charge is 0.339 e. The zero-order chi connectivity index (χ0) is 19.7. The van der Waals surface area contributed by atoms with Crippen LogP contribution in [-0.2, 0) is 0 Å². The highest BCUT2D eigenvalue weighted by molar-refractivity contribution is 6.03. The molecular formula is C19H22FN7O. The van der Waals surface area contributed by atoms with Gasteiger partial charge in [-0.3, -0.25) is 4.79 Å². The van der Waals surface area contributed by atoms with E-state index in [9.17, 15) is 9.18 Å². The van der Waals surface area contributed by atoms with Gasteiger partial charge in [-0.05, 0) is 19.9 Å². The Balaban J connectivity index is 1.45. The van der Waals surface area contributed by atoms with Crippen molar-refractivity contribution in [2.45, 2.75) is 26.3 Å². The van der Waals surface area contributed by atoms with Crippen LogP contribution >= 0.6 is 0 Å². The van der Waals surface area contributed by atoms with E-state index in [0.29, 0.717) is 28.9 Å². The zero-order valence-electron chi connectivity index (χ0n) is 15.8. The lowest BCUT2D eigenvalue weighted by molar-refractivity contribution is 0.102. The number of hydrogen-bond acceptors (Lipinski definition) is 6. The Kier molecular flexibility index (Phi) is 4.91. The Morgan fingerprint density at radius 2 is 2.11 bits per heavy atom. The van der Waals surface area contributed by atoms with Crippen LogP contribution in [0.4, 0.5) is 16.0 Å². The molecule has 1 saturated heterocycles. The lowest BCUT2D eigenvalue weighted by Gasteiger charge is -2.16. The van der Waals surface area contributed by atoms with Crippen LogP contribution in [0, 0.1) is 12.7 Å². The number of hydrogen-bond donors (Lipinski definition) is 2. The summed E-state index contributed by atoms with van der Waals surface area (Å²) in [4.78, 5) is 27.3. The zero-order valence-corrected chi connectivity index (χ0v) is 15.8. The van der Waals surface area contributed by atoms with Gasteiger partial charge in [-0.25, -0.2) is 19.3 Å².